The first kappa shape index (κ1) is 34.8. The zero-order valence-electron chi connectivity index (χ0n) is 21.6. The van der Waals surface area contributed by atoms with Crippen LogP contribution >= 0.6 is 0 Å². The summed E-state index contributed by atoms with van der Waals surface area (Å²) < 4.78 is 37.0. The molecule has 0 aliphatic heterocycles. The zero-order chi connectivity index (χ0) is 23.0. The molecule has 4 nitrogen and oxygen atoms in total. The van der Waals surface area contributed by atoms with E-state index in [2.05, 4.69) is 30.2 Å². The van der Waals surface area contributed by atoms with Gasteiger partial charge in [-0.15, -0.1) is 0 Å². The number of allylic oxidation sites excluding steroid dienone is 1. The molecule has 0 amide bonds. The Hall–Kier alpha value is 0.610. The van der Waals surface area contributed by atoms with Gasteiger partial charge in [0.2, 0.25) is 10.4 Å². The molecule has 0 radical (unpaired) electrons. The third kappa shape index (κ3) is 28.6. The molecule has 186 valence electrons. The van der Waals surface area contributed by atoms with Gasteiger partial charge in [0.25, 0.3) is 0 Å². The van der Waals surface area contributed by atoms with Crippen molar-refractivity contribution >= 4 is 10.4 Å². The van der Waals surface area contributed by atoms with E-state index in [4.69, 9.17) is 0 Å². The summed E-state index contributed by atoms with van der Waals surface area (Å²) in [5.41, 5.74) is 0. The molecule has 0 aliphatic carbocycles. The van der Waals surface area contributed by atoms with Crippen LogP contribution in [0.25, 0.3) is 0 Å². The van der Waals surface area contributed by atoms with E-state index in [-0.39, 0.29) is 42.1 Å². The Kier molecular flexibility index (Phi) is 28.5. The van der Waals surface area contributed by atoms with Crippen molar-refractivity contribution in [2.45, 2.75) is 142 Å². The van der Waals surface area contributed by atoms with Crippen LogP contribution in [-0.4, -0.2) is 19.6 Å². The molecule has 32 heavy (non-hydrogen) atoms. The average Bonchev–Trinajstić information content (AvgIpc) is 2.73. The number of hydrogen-bond acceptors (Lipinski definition) is 4. The van der Waals surface area contributed by atoms with Crippen molar-refractivity contribution < 1.29 is 46.7 Å². The van der Waals surface area contributed by atoms with Crippen LogP contribution in [0.1, 0.15) is 142 Å². The summed E-state index contributed by atoms with van der Waals surface area (Å²) in [6.45, 7) is 4.47. The average molecular weight is 483 g/mol. The van der Waals surface area contributed by atoms with Crippen molar-refractivity contribution in [2.24, 2.45) is 5.92 Å². The van der Waals surface area contributed by atoms with E-state index in [1.165, 1.54) is 109 Å². The molecule has 6 heteroatoms. The van der Waals surface area contributed by atoms with Gasteiger partial charge in [-0.2, -0.15) is 0 Å². The van der Waals surface area contributed by atoms with Gasteiger partial charge < -0.3 is 4.55 Å². The fourth-order valence-corrected chi connectivity index (χ4v) is 4.33. The van der Waals surface area contributed by atoms with Crippen molar-refractivity contribution in [2.75, 3.05) is 6.61 Å². The van der Waals surface area contributed by atoms with Crippen LogP contribution in [0, 0.1) is 5.92 Å². The van der Waals surface area contributed by atoms with E-state index in [9.17, 15) is 13.0 Å². The molecule has 0 saturated heterocycles. The van der Waals surface area contributed by atoms with Crippen molar-refractivity contribution in [1.29, 1.82) is 0 Å². The Bertz CT molecular complexity index is 494. The van der Waals surface area contributed by atoms with Crippen molar-refractivity contribution in [3.63, 3.8) is 0 Å². The molecule has 0 aromatic rings. The van der Waals surface area contributed by atoms with Crippen LogP contribution in [0.5, 0.6) is 0 Å². The second kappa shape index (κ2) is 26.2. The summed E-state index contributed by atoms with van der Waals surface area (Å²) in [5, 5.41) is 0. The Morgan fingerprint density at radius 1 is 0.688 bits per heavy atom. The second-order valence-electron chi connectivity index (χ2n) is 9.12. The van der Waals surface area contributed by atoms with E-state index < -0.39 is 10.4 Å². The molecule has 1 atom stereocenters. The number of rotatable bonds is 24. The fourth-order valence-electron chi connectivity index (χ4n) is 3.98. The Morgan fingerprint density at radius 3 is 1.53 bits per heavy atom. The number of unbranched alkanes of at least 4 members (excludes halogenated alkanes) is 17. The van der Waals surface area contributed by atoms with E-state index >= 15 is 0 Å². The largest absolute Gasteiger partial charge is 1.00 e. The van der Waals surface area contributed by atoms with Gasteiger partial charge in [-0.1, -0.05) is 135 Å². The molecule has 0 saturated carbocycles. The van der Waals surface area contributed by atoms with Gasteiger partial charge in [0.15, 0.2) is 0 Å². The third-order valence-corrected chi connectivity index (χ3v) is 6.41. The molecule has 0 rings (SSSR count). The maximum Gasteiger partial charge on any atom is 1.00 e. The van der Waals surface area contributed by atoms with Crippen LogP contribution in [0.15, 0.2) is 12.2 Å². The standard InChI is InChI=1S/C26H52O4S.Na/c1-3-5-7-9-11-13-14-16-18-20-22-24-26(25-30-31(27,28)29)23-21-19-17-15-12-10-8-6-4-2;/h21,23,26H,3-20,22,24-25H2,1-2H3,(H,27,28,29);/q;+1/p-1/b23-21+;. The predicted octanol–water partition coefficient (Wildman–Crippen LogP) is 5.48. The maximum atomic E-state index is 10.8. The van der Waals surface area contributed by atoms with E-state index in [1.54, 1.807) is 0 Å². The Labute approximate surface area is 223 Å². The molecular weight excluding hydrogens is 431 g/mol. The van der Waals surface area contributed by atoms with Crippen LogP contribution in [-0.2, 0) is 14.6 Å². The van der Waals surface area contributed by atoms with Gasteiger partial charge in [0.05, 0.1) is 6.61 Å². The molecule has 0 aromatic carbocycles. The third-order valence-electron chi connectivity index (χ3n) is 5.99. The van der Waals surface area contributed by atoms with Gasteiger partial charge in [0.1, 0.15) is 0 Å². The molecule has 0 bridgehead atoms. The van der Waals surface area contributed by atoms with Gasteiger partial charge >= 0.3 is 29.6 Å². The fraction of sp³-hybridized carbons (Fsp3) is 0.923. The SMILES string of the molecule is CCCCCCCCC/C=C/C(CCCCCCCCCCCCC)COS(=O)(=O)[O-].[Na+]. The van der Waals surface area contributed by atoms with Crippen molar-refractivity contribution in [3.8, 4) is 0 Å². The minimum Gasteiger partial charge on any atom is -0.726 e. The van der Waals surface area contributed by atoms with E-state index in [0.717, 1.165) is 19.3 Å². The van der Waals surface area contributed by atoms with Crippen LogP contribution < -0.4 is 29.6 Å². The van der Waals surface area contributed by atoms with Gasteiger partial charge in [-0.05, 0) is 19.3 Å². The topological polar surface area (TPSA) is 66.4 Å². The molecule has 0 heterocycles. The summed E-state index contributed by atoms with van der Waals surface area (Å²) >= 11 is 0. The first-order valence-corrected chi connectivity index (χ1v) is 14.6. The summed E-state index contributed by atoms with van der Waals surface area (Å²) in [5.74, 6) is 0.0202. The Morgan fingerprint density at radius 2 is 1.09 bits per heavy atom. The predicted molar refractivity (Wildman–Crippen MR) is 132 cm³/mol. The smallest absolute Gasteiger partial charge is 0.726 e. The molecule has 0 fully saturated rings. The molecule has 1 unspecified atom stereocenters. The van der Waals surface area contributed by atoms with Gasteiger partial charge in [0, 0.05) is 5.92 Å². The summed E-state index contributed by atoms with van der Waals surface area (Å²) in [6.07, 6.45) is 29.4. The second-order valence-corrected chi connectivity index (χ2v) is 10.2. The zero-order valence-corrected chi connectivity index (χ0v) is 24.4. The maximum absolute atomic E-state index is 10.8. The van der Waals surface area contributed by atoms with Gasteiger partial charge in [-0.3, -0.25) is 4.18 Å². The molecule has 0 aromatic heterocycles. The molecular formula is C26H51NaO4S. The van der Waals surface area contributed by atoms with Crippen molar-refractivity contribution in [3.05, 3.63) is 12.2 Å². The summed E-state index contributed by atoms with van der Waals surface area (Å²) in [7, 11) is -4.61. The first-order chi connectivity index (χ1) is 15.0. The van der Waals surface area contributed by atoms with Crippen LogP contribution in [0.4, 0.5) is 0 Å². The van der Waals surface area contributed by atoms with Crippen molar-refractivity contribution in [1.82, 2.24) is 0 Å². The minimum atomic E-state index is -4.61. The molecule has 0 N–H and O–H groups in total. The number of hydrogen-bond donors (Lipinski definition) is 0. The van der Waals surface area contributed by atoms with Gasteiger partial charge in [-0.25, -0.2) is 8.42 Å². The molecule has 0 spiro atoms. The monoisotopic (exact) mass is 482 g/mol. The van der Waals surface area contributed by atoms with Crippen LogP contribution in [0.2, 0.25) is 0 Å². The van der Waals surface area contributed by atoms with E-state index in [1.807, 2.05) is 0 Å². The minimum absolute atomic E-state index is 0. The summed E-state index contributed by atoms with van der Waals surface area (Å²) in [4.78, 5) is 0. The Balaban J connectivity index is 0. The first-order valence-electron chi connectivity index (χ1n) is 13.3. The van der Waals surface area contributed by atoms with E-state index in [0.29, 0.717) is 0 Å². The quantitative estimate of drug-likeness (QED) is 0.0600. The normalized spacial score (nSPS) is 12.8. The summed E-state index contributed by atoms with van der Waals surface area (Å²) in [6, 6.07) is 0. The van der Waals surface area contributed by atoms with Crippen LogP contribution in [0.3, 0.4) is 0 Å². The molecule has 0 aliphatic rings.